The predicted octanol–water partition coefficient (Wildman–Crippen LogP) is 2.10. The molecule has 3 rings (SSSR count). The lowest BCUT2D eigenvalue weighted by Gasteiger charge is -2.18. The molecule has 1 atom stereocenters. The molecule has 1 aliphatic heterocycles. The summed E-state index contributed by atoms with van der Waals surface area (Å²) in [6.07, 6.45) is 2.40. The van der Waals surface area contributed by atoms with Gasteiger partial charge in [-0.2, -0.15) is 4.99 Å². The van der Waals surface area contributed by atoms with Crippen LogP contribution in [0.5, 0.6) is 5.75 Å². The van der Waals surface area contributed by atoms with Crippen LogP contribution in [0.4, 0.5) is 5.82 Å². The molecule has 0 aliphatic carbocycles. The molecule has 2 aromatic rings. The van der Waals surface area contributed by atoms with Gasteiger partial charge < -0.3 is 15.4 Å². The van der Waals surface area contributed by atoms with Gasteiger partial charge >= 0.3 is 0 Å². The fourth-order valence-corrected chi connectivity index (χ4v) is 3.33. The van der Waals surface area contributed by atoms with Gasteiger partial charge in [-0.3, -0.25) is 4.79 Å². The molecule has 1 aromatic heterocycles. The van der Waals surface area contributed by atoms with Crippen LogP contribution in [0.25, 0.3) is 0 Å². The smallest absolute Gasteiger partial charge is 0.261 e. The van der Waals surface area contributed by atoms with Crippen LogP contribution in [0.2, 0.25) is 0 Å². The van der Waals surface area contributed by atoms with Gasteiger partial charge in [0.1, 0.15) is 18.2 Å². The standard InChI is InChI=1S/C18H20N4O2S/c1-22(16-4-2-3-9-20-16)10-11-24-14-7-5-13(6-8-14)12-15-17(23)21-18(19)25-15/h2-9,15H,10-12H2,1H3,(H2,19,21,23)/t15-/m1/s1. The molecule has 2 N–H and O–H groups in total. The van der Waals surface area contributed by atoms with Crippen LogP contribution in [0.1, 0.15) is 5.56 Å². The molecule has 0 radical (unpaired) electrons. The van der Waals surface area contributed by atoms with Crippen LogP contribution in [-0.4, -0.2) is 41.5 Å². The average molecular weight is 356 g/mol. The van der Waals surface area contributed by atoms with Crippen molar-refractivity contribution < 1.29 is 9.53 Å². The lowest BCUT2D eigenvalue weighted by Crippen LogP contribution is -2.24. The Bertz CT molecular complexity index is 749. The second kappa shape index (κ2) is 8.02. The zero-order chi connectivity index (χ0) is 17.6. The number of thioether (sulfide) groups is 1. The van der Waals surface area contributed by atoms with E-state index >= 15 is 0 Å². The van der Waals surface area contributed by atoms with E-state index in [9.17, 15) is 4.79 Å². The Morgan fingerprint density at radius 1 is 1.24 bits per heavy atom. The van der Waals surface area contributed by atoms with E-state index in [2.05, 4.69) is 9.98 Å². The molecule has 0 unspecified atom stereocenters. The quantitative estimate of drug-likeness (QED) is 0.818. The van der Waals surface area contributed by atoms with Gasteiger partial charge in [0.15, 0.2) is 5.17 Å². The van der Waals surface area contributed by atoms with Gasteiger partial charge in [0.05, 0.1) is 11.8 Å². The summed E-state index contributed by atoms with van der Waals surface area (Å²) in [7, 11) is 1.98. The van der Waals surface area contributed by atoms with Crippen molar-refractivity contribution >= 4 is 28.7 Å². The average Bonchev–Trinajstić information content (AvgIpc) is 2.94. The number of anilines is 1. The number of hydrogen-bond donors (Lipinski definition) is 1. The molecule has 2 heterocycles. The van der Waals surface area contributed by atoms with Crippen LogP contribution < -0.4 is 15.4 Å². The molecule has 0 saturated carbocycles. The van der Waals surface area contributed by atoms with Crippen molar-refractivity contribution in [1.29, 1.82) is 0 Å². The monoisotopic (exact) mass is 356 g/mol. The molecule has 6 nitrogen and oxygen atoms in total. The van der Waals surface area contributed by atoms with Crippen molar-refractivity contribution in [2.75, 3.05) is 25.1 Å². The number of carbonyl (C=O) groups excluding carboxylic acids is 1. The zero-order valence-electron chi connectivity index (χ0n) is 14.0. The number of aromatic nitrogens is 1. The third kappa shape index (κ3) is 4.73. The minimum Gasteiger partial charge on any atom is -0.492 e. The van der Waals surface area contributed by atoms with Crippen molar-refractivity contribution in [3.05, 3.63) is 54.2 Å². The first-order chi connectivity index (χ1) is 12.1. The molecule has 1 aromatic carbocycles. The molecule has 0 spiro atoms. The number of likely N-dealkylation sites (N-methyl/N-ethyl adjacent to an activating group) is 1. The van der Waals surface area contributed by atoms with E-state index in [4.69, 9.17) is 10.5 Å². The number of amides is 1. The van der Waals surface area contributed by atoms with Gasteiger partial charge in [-0.15, -0.1) is 0 Å². The van der Waals surface area contributed by atoms with Gasteiger partial charge in [-0.1, -0.05) is 30.0 Å². The number of carbonyl (C=O) groups is 1. The summed E-state index contributed by atoms with van der Waals surface area (Å²) >= 11 is 1.32. The number of aliphatic imine (C=N–C) groups is 1. The number of amidine groups is 1. The molecular formula is C18H20N4O2S. The zero-order valence-corrected chi connectivity index (χ0v) is 14.8. The maximum atomic E-state index is 11.7. The summed E-state index contributed by atoms with van der Waals surface area (Å²) in [6.45, 7) is 1.30. The van der Waals surface area contributed by atoms with E-state index in [0.717, 1.165) is 23.7 Å². The Morgan fingerprint density at radius 3 is 2.68 bits per heavy atom. The fourth-order valence-electron chi connectivity index (χ4n) is 2.46. The summed E-state index contributed by atoms with van der Waals surface area (Å²) in [5, 5.41) is 0.144. The van der Waals surface area contributed by atoms with E-state index in [1.165, 1.54) is 11.8 Å². The molecule has 1 aliphatic rings. The van der Waals surface area contributed by atoms with Gasteiger partial charge in [0.25, 0.3) is 5.91 Å². The maximum absolute atomic E-state index is 11.7. The van der Waals surface area contributed by atoms with Crippen molar-refractivity contribution in [2.45, 2.75) is 11.7 Å². The molecule has 130 valence electrons. The van der Waals surface area contributed by atoms with Crippen molar-refractivity contribution in [1.82, 2.24) is 4.98 Å². The first-order valence-electron chi connectivity index (χ1n) is 8.00. The van der Waals surface area contributed by atoms with Crippen LogP contribution in [0, 0.1) is 0 Å². The third-order valence-electron chi connectivity index (χ3n) is 3.84. The van der Waals surface area contributed by atoms with Crippen molar-refractivity contribution in [2.24, 2.45) is 10.7 Å². The van der Waals surface area contributed by atoms with Gasteiger partial charge in [-0.25, -0.2) is 4.98 Å². The minimum absolute atomic E-state index is 0.152. The lowest BCUT2D eigenvalue weighted by atomic mass is 10.1. The van der Waals surface area contributed by atoms with E-state index in [1.807, 2.05) is 54.4 Å². The maximum Gasteiger partial charge on any atom is 0.261 e. The summed E-state index contributed by atoms with van der Waals surface area (Å²) in [6, 6.07) is 13.6. The molecule has 1 amide bonds. The Kier molecular flexibility index (Phi) is 5.55. The van der Waals surface area contributed by atoms with Gasteiger partial charge in [-0.05, 0) is 36.2 Å². The summed E-state index contributed by atoms with van der Waals surface area (Å²) < 4.78 is 5.78. The summed E-state index contributed by atoms with van der Waals surface area (Å²) in [5.41, 5.74) is 6.64. The van der Waals surface area contributed by atoms with E-state index in [0.29, 0.717) is 18.2 Å². The SMILES string of the molecule is CN(CCOc1ccc(C[C@H]2SC(N)=NC2=O)cc1)c1ccccn1. The number of hydrogen-bond acceptors (Lipinski definition) is 6. The lowest BCUT2D eigenvalue weighted by molar-refractivity contribution is -0.117. The summed E-state index contributed by atoms with van der Waals surface area (Å²) in [5.74, 6) is 1.57. The van der Waals surface area contributed by atoms with Crippen LogP contribution in [-0.2, 0) is 11.2 Å². The molecular weight excluding hydrogens is 336 g/mol. The van der Waals surface area contributed by atoms with E-state index < -0.39 is 0 Å². The van der Waals surface area contributed by atoms with Crippen molar-refractivity contribution in [3.63, 3.8) is 0 Å². The highest BCUT2D eigenvalue weighted by molar-refractivity contribution is 8.15. The molecule has 7 heteroatoms. The number of benzene rings is 1. The normalized spacial score (nSPS) is 16.6. The van der Waals surface area contributed by atoms with Crippen LogP contribution >= 0.6 is 11.8 Å². The summed E-state index contributed by atoms with van der Waals surface area (Å²) in [4.78, 5) is 21.7. The van der Waals surface area contributed by atoms with Crippen LogP contribution in [0.3, 0.4) is 0 Å². The number of ether oxygens (including phenoxy) is 1. The Hall–Kier alpha value is -2.54. The van der Waals surface area contributed by atoms with Crippen molar-refractivity contribution in [3.8, 4) is 5.75 Å². The van der Waals surface area contributed by atoms with Gasteiger partial charge in [0.2, 0.25) is 0 Å². The largest absolute Gasteiger partial charge is 0.492 e. The first kappa shape index (κ1) is 17.3. The highest BCUT2D eigenvalue weighted by Crippen LogP contribution is 2.24. The predicted molar refractivity (Wildman–Crippen MR) is 101 cm³/mol. The first-order valence-corrected chi connectivity index (χ1v) is 8.88. The highest BCUT2D eigenvalue weighted by Gasteiger charge is 2.26. The topological polar surface area (TPSA) is 80.8 Å². The number of nitrogens with zero attached hydrogens (tertiary/aromatic N) is 3. The Balaban J connectivity index is 1.46. The van der Waals surface area contributed by atoms with Crippen LogP contribution in [0.15, 0.2) is 53.7 Å². The fraction of sp³-hybridized carbons (Fsp3) is 0.278. The second-order valence-electron chi connectivity index (χ2n) is 5.70. The molecule has 0 bridgehead atoms. The molecule has 0 fully saturated rings. The Morgan fingerprint density at radius 2 is 2.04 bits per heavy atom. The Labute approximate surface area is 151 Å². The minimum atomic E-state index is -0.209. The third-order valence-corrected chi connectivity index (χ3v) is 4.82. The molecule has 0 saturated heterocycles. The number of nitrogens with two attached hydrogens (primary N) is 1. The highest BCUT2D eigenvalue weighted by atomic mass is 32.2. The van der Waals surface area contributed by atoms with E-state index in [1.54, 1.807) is 6.20 Å². The van der Waals surface area contributed by atoms with Gasteiger partial charge in [0, 0.05) is 13.2 Å². The molecule has 25 heavy (non-hydrogen) atoms. The number of rotatable bonds is 7. The number of pyridine rings is 1. The van der Waals surface area contributed by atoms with E-state index in [-0.39, 0.29) is 11.2 Å². The second-order valence-corrected chi connectivity index (χ2v) is 6.92.